The van der Waals surface area contributed by atoms with Gasteiger partial charge in [0.05, 0.1) is 11.4 Å². The average Bonchev–Trinajstić information content (AvgIpc) is 2.38. The molecule has 2 amide bonds. The van der Waals surface area contributed by atoms with Gasteiger partial charge < -0.3 is 0 Å². The van der Waals surface area contributed by atoms with Crippen molar-refractivity contribution in [1.82, 2.24) is 15.3 Å². The smallest absolute Gasteiger partial charge is 0.237 e. The molecule has 1 N–H and O–H groups in total. The predicted molar refractivity (Wildman–Crippen MR) is 69.7 cm³/mol. The summed E-state index contributed by atoms with van der Waals surface area (Å²) in [4.78, 5) is 31.5. The summed E-state index contributed by atoms with van der Waals surface area (Å²) in [5, 5.41) is 3.37. The molecule has 0 saturated carbocycles. The van der Waals surface area contributed by atoms with Crippen LogP contribution in [0.3, 0.4) is 0 Å². The molecule has 0 bridgehead atoms. The highest BCUT2D eigenvalue weighted by atomic mass is 35.5. The Hall–Kier alpha value is -2.01. The molecule has 1 aromatic heterocycles. The molecule has 0 aliphatic carbocycles. The first kappa shape index (κ1) is 12.0. The summed E-state index contributed by atoms with van der Waals surface area (Å²) in [6.07, 6.45) is 0.712. The quantitative estimate of drug-likeness (QED) is 0.636. The summed E-state index contributed by atoms with van der Waals surface area (Å²) < 4.78 is 0. The van der Waals surface area contributed by atoms with Crippen LogP contribution in [0.15, 0.2) is 24.3 Å². The molecule has 0 spiro atoms. The number of piperidine rings is 1. The van der Waals surface area contributed by atoms with Crippen molar-refractivity contribution in [2.24, 2.45) is 0 Å². The van der Waals surface area contributed by atoms with Crippen LogP contribution in [-0.4, -0.2) is 21.8 Å². The first-order chi connectivity index (χ1) is 9.15. The number of benzene rings is 1. The lowest BCUT2D eigenvalue weighted by Crippen LogP contribution is -2.40. The number of halogens is 1. The van der Waals surface area contributed by atoms with Crippen LogP contribution in [-0.2, 0) is 9.59 Å². The third-order valence-corrected chi connectivity index (χ3v) is 3.41. The maximum absolute atomic E-state index is 11.8. The molecule has 1 unspecified atom stereocenters. The molecule has 0 radical (unpaired) electrons. The minimum absolute atomic E-state index is 0.256. The van der Waals surface area contributed by atoms with Crippen molar-refractivity contribution in [3.05, 3.63) is 35.2 Å². The lowest BCUT2D eigenvalue weighted by atomic mass is 9.97. The Bertz CT molecular complexity index is 687. The van der Waals surface area contributed by atoms with Gasteiger partial charge >= 0.3 is 0 Å². The van der Waals surface area contributed by atoms with Crippen LogP contribution in [0.4, 0.5) is 0 Å². The topological polar surface area (TPSA) is 72.0 Å². The summed E-state index contributed by atoms with van der Waals surface area (Å²) in [6, 6.07) is 7.34. The van der Waals surface area contributed by atoms with Crippen molar-refractivity contribution in [3.63, 3.8) is 0 Å². The number of imide groups is 1. The molecule has 1 atom stereocenters. The molecule has 2 aromatic rings. The van der Waals surface area contributed by atoms with Crippen LogP contribution in [0, 0.1) is 0 Å². The normalized spacial score (nSPS) is 19.5. The molecule has 3 rings (SSSR count). The average molecular weight is 276 g/mol. The van der Waals surface area contributed by atoms with Gasteiger partial charge in [-0.25, -0.2) is 9.97 Å². The van der Waals surface area contributed by atoms with Crippen molar-refractivity contribution in [3.8, 4) is 0 Å². The van der Waals surface area contributed by atoms with Crippen molar-refractivity contribution in [2.75, 3.05) is 0 Å². The van der Waals surface area contributed by atoms with E-state index >= 15 is 0 Å². The summed E-state index contributed by atoms with van der Waals surface area (Å²) in [7, 11) is 0. The Labute approximate surface area is 114 Å². The fraction of sp³-hybridized carbons (Fsp3) is 0.231. The summed E-state index contributed by atoms with van der Waals surface area (Å²) >= 11 is 6.11. The zero-order valence-electron chi connectivity index (χ0n) is 9.89. The molecule has 1 saturated heterocycles. The Morgan fingerprint density at radius 2 is 2.00 bits per heavy atom. The van der Waals surface area contributed by atoms with E-state index < -0.39 is 5.92 Å². The predicted octanol–water partition coefficient (Wildman–Crippen LogP) is 1.80. The first-order valence-corrected chi connectivity index (χ1v) is 6.29. The number of nitrogens with one attached hydrogen (secondary N) is 1. The largest absolute Gasteiger partial charge is 0.296 e. The minimum Gasteiger partial charge on any atom is -0.296 e. The number of carbonyl (C=O) groups excluding carboxylic acids is 2. The van der Waals surface area contributed by atoms with Gasteiger partial charge in [-0.05, 0) is 18.6 Å². The first-order valence-electron chi connectivity index (χ1n) is 5.91. The van der Waals surface area contributed by atoms with Crippen LogP contribution >= 0.6 is 11.6 Å². The van der Waals surface area contributed by atoms with Crippen LogP contribution < -0.4 is 5.32 Å². The highest BCUT2D eigenvalue weighted by Crippen LogP contribution is 2.26. The molecule has 1 aromatic carbocycles. The van der Waals surface area contributed by atoms with Crippen molar-refractivity contribution >= 4 is 34.3 Å². The van der Waals surface area contributed by atoms with E-state index in [4.69, 9.17) is 11.6 Å². The Balaban J connectivity index is 2.06. The number of aromatic nitrogens is 2. The number of hydrogen-bond acceptors (Lipinski definition) is 4. The van der Waals surface area contributed by atoms with Gasteiger partial charge in [-0.1, -0.05) is 23.7 Å². The van der Waals surface area contributed by atoms with Crippen molar-refractivity contribution in [1.29, 1.82) is 0 Å². The zero-order valence-corrected chi connectivity index (χ0v) is 10.6. The van der Waals surface area contributed by atoms with E-state index in [0.717, 1.165) is 5.39 Å². The van der Waals surface area contributed by atoms with Gasteiger partial charge in [-0.2, -0.15) is 0 Å². The number of carbonyl (C=O) groups is 2. The summed E-state index contributed by atoms with van der Waals surface area (Å²) in [5.41, 5.74) is 0.696. The Morgan fingerprint density at radius 1 is 1.21 bits per heavy atom. The molecule has 2 heterocycles. The second-order valence-corrected chi connectivity index (χ2v) is 4.75. The molecule has 6 heteroatoms. The standard InChI is InChI=1S/C13H10ClN3O2/c14-11-7-3-1-2-4-9(7)15-12(17-11)8-5-6-10(18)16-13(8)19/h1-4,8H,5-6H2,(H,16,18,19). The maximum atomic E-state index is 11.8. The second kappa shape index (κ2) is 4.59. The molecular weight excluding hydrogens is 266 g/mol. The molecule has 5 nitrogen and oxygen atoms in total. The van der Waals surface area contributed by atoms with Gasteiger partial charge in [-0.3, -0.25) is 14.9 Å². The van der Waals surface area contributed by atoms with Crippen LogP contribution in [0.2, 0.25) is 5.15 Å². The van der Waals surface area contributed by atoms with Gasteiger partial charge in [0.25, 0.3) is 0 Å². The minimum atomic E-state index is -0.514. The highest BCUT2D eigenvalue weighted by molar-refractivity contribution is 6.34. The van der Waals surface area contributed by atoms with E-state index in [2.05, 4.69) is 15.3 Å². The molecule has 1 aliphatic rings. The third-order valence-electron chi connectivity index (χ3n) is 3.12. The van der Waals surface area contributed by atoms with Crippen molar-refractivity contribution < 1.29 is 9.59 Å². The third kappa shape index (κ3) is 2.17. The summed E-state index contributed by atoms with van der Waals surface area (Å²) in [5.74, 6) is -0.760. The molecule has 1 aliphatic heterocycles. The molecule has 19 heavy (non-hydrogen) atoms. The number of nitrogens with zero attached hydrogens (tertiary/aromatic N) is 2. The lowest BCUT2D eigenvalue weighted by Gasteiger charge is -2.19. The van der Waals surface area contributed by atoms with Gasteiger partial charge in [0, 0.05) is 11.8 Å². The zero-order chi connectivity index (χ0) is 13.4. The second-order valence-electron chi connectivity index (χ2n) is 4.39. The van der Waals surface area contributed by atoms with E-state index in [0.29, 0.717) is 29.3 Å². The lowest BCUT2D eigenvalue weighted by molar-refractivity contribution is -0.134. The van der Waals surface area contributed by atoms with Gasteiger partial charge in [0.2, 0.25) is 11.8 Å². The number of amides is 2. The van der Waals surface area contributed by atoms with E-state index in [-0.39, 0.29) is 11.8 Å². The maximum Gasteiger partial charge on any atom is 0.237 e. The van der Waals surface area contributed by atoms with Gasteiger partial charge in [0.1, 0.15) is 11.0 Å². The number of rotatable bonds is 1. The molecular formula is C13H10ClN3O2. The molecule has 96 valence electrons. The van der Waals surface area contributed by atoms with E-state index in [9.17, 15) is 9.59 Å². The molecule has 1 fully saturated rings. The fourth-order valence-electron chi connectivity index (χ4n) is 2.15. The summed E-state index contributed by atoms with van der Waals surface area (Å²) in [6.45, 7) is 0. The fourth-order valence-corrected chi connectivity index (χ4v) is 2.40. The number of para-hydroxylation sites is 1. The van der Waals surface area contributed by atoms with E-state index in [1.54, 1.807) is 0 Å². The van der Waals surface area contributed by atoms with Crippen LogP contribution in [0.5, 0.6) is 0 Å². The SMILES string of the molecule is O=C1CCC(c2nc(Cl)c3ccccc3n2)C(=O)N1. The number of fused-ring (bicyclic) bond motifs is 1. The Morgan fingerprint density at radius 3 is 2.79 bits per heavy atom. The van der Waals surface area contributed by atoms with Gasteiger partial charge in [-0.15, -0.1) is 0 Å². The van der Waals surface area contributed by atoms with Crippen LogP contribution in [0.1, 0.15) is 24.6 Å². The van der Waals surface area contributed by atoms with E-state index in [1.165, 1.54) is 0 Å². The van der Waals surface area contributed by atoms with Crippen molar-refractivity contribution in [2.45, 2.75) is 18.8 Å². The van der Waals surface area contributed by atoms with Gasteiger partial charge in [0.15, 0.2) is 0 Å². The van der Waals surface area contributed by atoms with Crippen LogP contribution in [0.25, 0.3) is 10.9 Å². The highest BCUT2D eigenvalue weighted by Gasteiger charge is 2.30. The van der Waals surface area contributed by atoms with E-state index in [1.807, 2.05) is 24.3 Å². The number of hydrogen-bond donors (Lipinski definition) is 1. The Kier molecular flexibility index (Phi) is 2.91. The monoisotopic (exact) mass is 275 g/mol.